The first kappa shape index (κ1) is 10.3. The lowest BCUT2D eigenvalue weighted by Crippen LogP contribution is -2.29. The van der Waals surface area contributed by atoms with Gasteiger partial charge >= 0.3 is 0 Å². The fourth-order valence-electron chi connectivity index (χ4n) is 1.32. The molecule has 72 valence electrons. The van der Waals surface area contributed by atoms with Crippen molar-refractivity contribution in [3.8, 4) is 0 Å². The molecule has 1 aromatic carbocycles. The number of benzene rings is 1. The van der Waals surface area contributed by atoms with Gasteiger partial charge in [0.25, 0.3) is 0 Å². The summed E-state index contributed by atoms with van der Waals surface area (Å²) in [5.41, 5.74) is 1.23. The molecular formula is C12H18O. The molecule has 0 amide bonds. The molecular weight excluding hydrogens is 160 g/mol. The van der Waals surface area contributed by atoms with Crippen LogP contribution in [0.25, 0.3) is 0 Å². The van der Waals surface area contributed by atoms with E-state index >= 15 is 0 Å². The van der Waals surface area contributed by atoms with Crippen molar-refractivity contribution in [3.63, 3.8) is 0 Å². The normalized spacial score (nSPS) is 14.2. The van der Waals surface area contributed by atoms with E-state index in [4.69, 9.17) is 4.74 Å². The zero-order valence-electron chi connectivity index (χ0n) is 8.87. The van der Waals surface area contributed by atoms with Crippen LogP contribution in [0.3, 0.4) is 0 Å². The third-order valence-corrected chi connectivity index (χ3v) is 2.87. The molecule has 0 fully saturated rings. The second-order valence-electron chi connectivity index (χ2n) is 3.94. The Balaban J connectivity index is 2.85. The highest BCUT2D eigenvalue weighted by atomic mass is 16.5. The summed E-state index contributed by atoms with van der Waals surface area (Å²) in [4.78, 5) is 0. The van der Waals surface area contributed by atoms with E-state index in [2.05, 4.69) is 45.0 Å². The van der Waals surface area contributed by atoms with E-state index < -0.39 is 0 Å². The highest BCUT2D eigenvalue weighted by molar-refractivity contribution is 5.21. The second-order valence-corrected chi connectivity index (χ2v) is 3.94. The van der Waals surface area contributed by atoms with Crippen LogP contribution in [0.4, 0.5) is 0 Å². The van der Waals surface area contributed by atoms with Gasteiger partial charge in [0.1, 0.15) is 0 Å². The predicted molar refractivity (Wildman–Crippen MR) is 55.9 cm³/mol. The standard InChI is InChI=1S/C12H18O/c1-10(12(2,3)13-4)11-8-6-5-7-9-11/h5-10H,1-4H3/t10-/m1/s1. The van der Waals surface area contributed by atoms with Gasteiger partial charge in [0, 0.05) is 13.0 Å². The Labute approximate surface area is 80.7 Å². The van der Waals surface area contributed by atoms with E-state index in [0.29, 0.717) is 5.92 Å². The maximum absolute atomic E-state index is 5.45. The molecule has 1 heteroatoms. The van der Waals surface area contributed by atoms with Crippen LogP contribution in [-0.2, 0) is 4.74 Å². The molecule has 1 aromatic rings. The van der Waals surface area contributed by atoms with Crippen molar-refractivity contribution >= 4 is 0 Å². The van der Waals surface area contributed by atoms with Crippen molar-refractivity contribution in [2.75, 3.05) is 7.11 Å². The van der Waals surface area contributed by atoms with Crippen molar-refractivity contribution in [1.82, 2.24) is 0 Å². The molecule has 0 aliphatic rings. The van der Waals surface area contributed by atoms with Crippen LogP contribution in [0.5, 0.6) is 0 Å². The van der Waals surface area contributed by atoms with Crippen LogP contribution >= 0.6 is 0 Å². The first-order valence-corrected chi connectivity index (χ1v) is 4.68. The summed E-state index contributed by atoms with van der Waals surface area (Å²) in [6, 6.07) is 10.5. The molecule has 13 heavy (non-hydrogen) atoms. The Kier molecular flexibility index (Phi) is 3.10. The van der Waals surface area contributed by atoms with Crippen molar-refractivity contribution in [1.29, 1.82) is 0 Å². The Bertz CT molecular complexity index is 251. The molecule has 0 aromatic heterocycles. The van der Waals surface area contributed by atoms with Gasteiger partial charge in [-0.3, -0.25) is 0 Å². The molecule has 0 bridgehead atoms. The average Bonchev–Trinajstić information content (AvgIpc) is 2.18. The summed E-state index contributed by atoms with van der Waals surface area (Å²) in [7, 11) is 1.76. The fraction of sp³-hybridized carbons (Fsp3) is 0.500. The summed E-state index contributed by atoms with van der Waals surface area (Å²) >= 11 is 0. The third-order valence-electron chi connectivity index (χ3n) is 2.87. The van der Waals surface area contributed by atoms with Gasteiger partial charge in [0.15, 0.2) is 0 Å². The lowest BCUT2D eigenvalue weighted by atomic mass is 9.86. The topological polar surface area (TPSA) is 9.23 Å². The second kappa shape index (κ2) is 3.93. The van der Waals surface area contributed by atoms with Gasteiger partial charge in [-0.05, 0) is 19.4 Å². The smallest absolute Gasteiger partial charge is 0.0688 e. The van der Waals surface area contributed by atoms with Gasteiger partial charge in [-0.25, -0.2) is 0 Å². The zero-order chi connectivity index (χ0) is 9.90. The Morgan fingerprint density at radius 1 is 1.15 bits per heavy atom. The summed E-state index contributed by atoms with van der Waals surface area (Å²) in [6.07, 6.45) is 0. The number of hydrogen-bond donors (Lipinski definition) is 0. The van der Waals surface area contributed by atoms with Crippen molar-refractivity contribution in [3.05, 3.63) is 35.9 Å². The van der Waals surface area contributed by atoms with Crippen molar-refractivity contribution < 1.29 is 4.74 Å². The highest BCUT2D eigenvalue weighted by Gasteiger charge is 2.26. The van der Waals surface area contributed by atoms with Gasteiger partial charge < -0.3 is 4.74 Å². The van der Waals surface area contributed by atoms with E-state index in [1.54, 1.807) is 7.11 Å². The summed E-state index contributed by atoms with van der Waals surface area (Å²) < 4.78 is 5.45. The number of rotatable bonds is 3. The van der Waals surface area contributed by atoms with Gasteiger partial charge in [-0.15, -0.1) is 0 Å². The van der Waals surface area contributed by atoms with Crippen LogP contribution in [0.15, 0.2) is 30.3 Å². The van der Waals surface area contributed by atoms with Gasteiger partial charge in [-0.2, -0.15) is 0 Å². The van der Waals surface area contributed by atoms with Crippen LogP contribution in [0.2, 0.25) is 0 Å². The van der Waals surface area contributed by atoms with Crippen LogP contribution in [0, 0.1) is 0 Å². The predicted octanol–water partition coefficient (Wildman–Crippen LogP) is 3.22. The van der Waals surface area contributed by atoms with E-state index in [0.717, 1.165) is 0 Å². The first-order chi connectivity index (χ1) is 6.08. The maximum atomic E-state index is 5.45. The molecule has 0 heterocycles. The summed E-state index contributed by atoms with van der Waals surface area (Å²) in [6.45, 7) is 6.42. The van der Waals surface area contributed by atoms with Crippen LogP contribution < -0.4 is 0 Å². The Morgan fingerprint density at radius 3 is 2.15 bits per heavy atom. The molecule has 0 unspecified atom stereocenters. The molecule has 0 saturated heterocycles. The van der Waals surface area contributed by atoms with Crippen molar-refractivity contribution in [2.24, 2.45) is 0 Å². The molecule has 1 nitrogen and oxygen atoms in total. The summed E-state index contributed by atoms with van der Waals surface area (Å²) in [5, 5.41) is 0. The summed E-state index contributed by atoms with van der Waals surface area (Å²) in [5.74, 6) is 0.415. The Hall–Kier alpha value is -0.820. The molecule has 0 radical (unpaired) electrons. The molecule has 1 atom stereocenters. The Morgan fingerprint density at radius 2 is 1.69 bits per heavy atom. The number of hydrogen-bond acceptors (Lipinski definition) is 1. The molecule has 0 N–H and O–H groups in total. The van der Waals surface area contributed by atoms with E-state index in [1.807, 2.05) is 6.07 Å². The van der Waals surface area contributed by atoms with E-state index in [9.17, 15) is 0 Å². The largest absolute Gasteiger partial charge is 0.378 e. The van der Waals surface area contributed by atoms with Gasteiger partial charge in [0.2, 0.25) is 0 Å². The lowest BCUT2D eigenvalue weighted by Gasteiger charge is -2.30. The maximum Gasteiger partial charge on any atom is 0.0688 e. The fourth-order valence-corrected chi connectivity index (χ4v) is 1.32. The van der Waals surface area contributed by atoms with Gasteiger partial charge in [-0.1, -0.05) is 37.3 Å². The van der Waals surface area contributed by atoms with Crippen molar-refractivity contribution in [2.45, 2.75) is 32.3 Å². The number of ether oxygens (including phenoxy) is 1. The molecule has 1 rings (SSSR count). The van der Waals surface area contributed by atoms with Crippen LogP contribution in [-0.4, -0.2) is 12.7 Å². The van der Waals surface area contributed by atoms with Crippen LogP contribution in [0.1, 0.15) is 32.3 Å². The van der Waals surface area contributed by atoms with E-state index in [-0.39, 0.29) is 5.60 Å². The molecule has 0 saturated carbocycles. The molecule has 0 aliphatic carbocycles. The number of methoxy groups -OCH3 is 1. The highest BCUT2D eigenvalue weighted by Crippen LogP contribution is 2.29. The van der Waals surface area contributed by atoms with Gasteiger partial charge in [0.05, 0.1) is 5.60 Å². The average molecular weight is 178 g/mol. The first-order valence-electron chi connectivity index (χ1n) is 4.68. The SMILES string of the molecule is COC(C)(C)[C@H](C)c1ccccc1. The minimum Gasteiger partial charge on any atom is -0.378 e. The zero-order valence-corrected chi connectivity index (χ0v) is 8.87. The quantitative estimate of drug-likeness (QED) is 0.690. The monoisotopic (exact) mass is 178 g/mol. The molecule has 0 aliphatic heterocycles. The van der Waals surface area contributed by atoms with E-state index in [1.165, 1.54) is 5.56 Å². The minimum absolute atomic E-state index is 0.0959. The lowest BCUT2D eigenvalue weighted by molar-refractivity contribution is 0.00323. The minimum atomic E-state index is -0.0959. The molecule has 0 spiro atoms. The third kappa shape index (κ3) is 2.31.